The smallest absolute Gasteiger partial charge is 0.276 e. The number of carbonyl (C=O) groups is 2. The predicted octanol–water partition coefficient (Wildman–Crippen LogP) is 4.40. The van der Waals surface area contributed by atoms with Crippen molar-refractivity contribution in [3.05, 3.63) is 95.6 Å². The number of carbonyl (C=O) groups excluding carboxylic acids is 2. The number of hydrogen-bond acceptors (Lipinski definition) is 4. The van der Waals surface area contributed by atoms with Gasteiger partial charge in [0.1, 0.15) is 18.1 Å². The van der Waals surface area contributed by atoms with Gasteiger partial charge in [0.05, 0.1) is 0 Å². The molecule has 3 aromatic carbocycles. The molecule has 0 heterocycles. The summed E-state index contributed by atoms with van der Waals surface area (Å²) in [4.78, 5) is 24.4. The van der Waals surface area contributed by atoms with Crippen LogP contribution in [0.3, 0.4) is 0 Å². The molecule has 0 unspecified atom stereocenters. The molecule has 0 spiro atoms. The van der Waals surface area contributed by atoms with Gasteiger partial charge < -0.3 is 9.47 Å². The fraction of sp³-hybridized carbons (Fsp3) is 0.231. The van der Waals surface area contributed by atoms with Crippen molar-refractivity contribution in [3.63, 3.8) is 0 Å². The molecule has 32 heavy (non-hydrogen) atoms. The third-order valence-corrected chi connectivity index (χ3v) is 4.73. The average molecular weight is 433 g/mol. The molecule has 0 atom stereocenters. The molecule has 6 heteroatoms. The van der Waals surface area contributed by atoms with Gasteiger partial charge in [-0.25, -0.2) is 0 Å². The van der Waals surface area contributed by atoms with Crippen LogP contribution in [-0.4, -0.2) is 18.4 Å². The Kier molecular flexibility index (Phi) is 7.49. The molecule has 0 aromatic heterocycles. The summed E-state index contributed by atoms with van der Waals surface area (Å²) in [5, 5.41) is 0. The quantitative estimate of drug-likeness (QED) is 0.543. The van der Waals surface area contributed by atoms with Gasteiger partial charge in [0.15, 0.2) is 6.61 Å². The molecule has 0 bridgehead atoms. The lowest BCUT2D eigenvalue weighted by Crippen LogP contribution is -2.43. The Balaban J connectivity index is 1.46. The Morgan fingerprint density at radius 3 is 2.12 bits per heavy atom. The van der Waals surface area contributed by atoms with E-state index in [9.17, 15) is 9.59 Å². The lowest BCUT2D eigenvalue weighted by atomic mass is 9.86. The van der Waals surface area contributed by atoms with Crippen LogP contribution in [0, 0.1) is 0 Å². The van der Waals surface area contributed by atoms with Crippen LogP contribution in [0.2, 0.25) is 0 Å². The van der Waals surface area contributed by atoms with Gasteiger partial charge in [0.25, 0.3) is 11.8 Å². The Hall–Kier alpha value is -3.80. The number of benzene rings is 3. The zero-order chi connectivity index (χ0) is 23.0. The summed E-state index contributed by atoms with van der Waals surface area (Å²) in [7, 11) is 0. The minimum Gasteiger partial charge on any atom is -0.489 e. The second-order valence-corrected chi connectivity index (χ2v) is 8.34. The van der Waals surface area contributed by atoms with Gasteiger partial charge in [-0.3, -0.25) is 20.4 Å². The molecule has 0 radical (unpaired) electrons. The van der Waals surface area contributed by atoms with Crippen molar-refractivity contribution in [3.8, 4) is 11.5 Å². The van der Waals surface area contributed by atoms with Crippen LogP contribution >= 0.6 is 0 Å². The Labute approximate surface area is 188 Å². The van der Waals surface area contributed by atoms with Crippen molar-refractivity contribution in [2.45, 2.75) is 32.8 Å². The summed E-state index contributed by atoms with van der Waals surface area (Å²) in [6, 6.07) is 24.1. The number of hydrazine groups is 1. The van der Waals surface area contributed by atoms with Crippen molar-refractivity contribution >= 4 is 11.8 Å². The zero-order valence-electron chi connectivity index (χ0n) is 18.6. The molecule has 0 saturated heterocycles. The van der Waals surface area contributed by atoms with Crippen molar-refractivity contribution in [1.82, 2.24) is 10.9 Å². The number of nitrogens with one attached hydrogen (secondary N) is 2. The van der Waals surface area contributed by atoms with Gasteiger partial charge in [0.2, 0.25) is 0 Å². The molecule has 166 valence electrons. The van der Waals surface area contributed by atoms with Crippen LogP contribution in [0.1, 0.15) is 42.3 Å². The summed E-state index contributed by atoms with van der Waals surface area (Å²) >= 11 is 0. The SMILES string of the molecule is CC(C)(C)c1ccccc1OCC(=O)NNC(=O)c1ccc(OCc2ccccc2)cc1. The van der Waals surface area contributed by atoms with Crippen LogP contribution in [0.5, 0.6) is 11.5 Å². The number of ether oxygens (including phenoxy) is 2. The summed E-state index contributed by atoms with van der Waals surface area (Å²) in [6.07, 6.45) is 0. The summed E-state index contributed by atoms with van der Waals surface area (Å²) in [5.41, 5.74) is 7.13. The van der Waals surface area contributed by atoms with Crippen molar-refractivity contribution < 1.29 is 19.1 Å². The molecule has 3 aromatic rings. The Morgan fingerprint density at radius 1 is 0.781 bits per heavy atom. The van der Waals surface area contributed by atoms with Crippen molar-refractivity contribution in [1.29, 1.82) is 0 Å². The largest absolute Gasteiger partial charge is 0.489 e. The maximum absolute atomic E-state index is 12.3. The lowest BCUT2D eigenvalue weighted by Gasteiger charge is -2.22. The first-order valence-corrected chi connectivity index (χ1v) is 10.4. The molecule has 0 saturated carbocycles. The topological polar surface area (TPSA) is 76.7 Å². The van der Waals surface area contributed by atoms with Crippen LogP contribution in [0.4, 0.5) is 0 Å². The highest BCUT2D eigenvalue weighted by atomic mass is 16.5. The standard InChI is InChI=1S/C26H28N2O4/c1-26(2,3)22-11-7-8-12-23(22)32-18-24(29)27-28-25(30)20-13-15-21(16-14-20)31-17-19-9-5-4-6-10-19/h4-16H,17-18H2,1-3H3,(H,27,29)(H,28,30). The van der Waals surface area contributed by atoms with Crippen LogP contribution in [0.25, 0.3) is 0 Å². The van der Waals surface area contributed by atoms with E-state index in [-0.39, 0.29) is 12.0 Å². The van der Waals surface area contributed by atoms with Crippen LogP contribution in [-0.2, 0) is 16.8 Å². The molecule has 0 aliphatic carbocycles. The minimum absolute atomic E-state index is 0.113. The molecule has 0 aliphatic rings. The number of amides is 2. The van der Waals surface area contributed by atoms with Crippen molar-refractivity contribution in [2.24, 2.45) is 0 Å². The second kappa shape index (κ2) is 10.5. The summed E-state index contributed by atoms with van der Waals surface area (Å²) < 4.78 is 11.4. The van der Waals surface area contributed by atoms with Gasteiger partial charge in [-0.2, -0.15) is 0 Å². The maximum atomic E-state index is 12.3. The summed E-state index contributed by atoms with van der Waals surface area (Å²) in [6.45, 7) is 6.47. The first kappa shape index (κ1) is 22.9. The number of hydrogen-bond donors (Lipinski definition) is 2. The number of para-hydroxylation sites is 1. The molecule has 2 amide bonds. The molecule has 6 nitrogen and oxygen atoms in total. The zero-order valence-corrected chi connectivity index (χ0v) is 18.6. The molecular formula is C26H28N2O4. The van der Waals surface area contributed by atoms with E-state index in [4.69, 9.17) is 9.47 Å². The predicted molar refractivity (Wildman–Crippen MR) is 123 cm³/mol. The van der Waals surface area contributed by atoms with E-state index in [0.29, 0.717) is 23.7 Å². The fourth-order valence-corrected chi connectivity index (χ4v) is 3.03. The normalized spacial score (nSPS) is 10.8. The Morgan fingerprint density at radius 2 is 1.44 bits per heavy atom. The molecule has 2 N–H and O–H groups in total. The van der Waals surface area contributed by atoms with Crippen molar-refractivity contribution in [2.75, 3.05) is 6.61 Å². The van der Waals surface area contributed by atoms with Gasteiger partial charge in [-0.05, 0) is 46.9 Å². The second-order valence-electron chi connectivity index (χ2n) is 8.34. The van der Waals surface area contributed by atoms with E-state index < -0.39 is 11.8 Å². The third-order valence-electron chi connectivity index (χ3n) is 4.73. The molecule has 3 rings (SSSR count). The van der Waals surface area contributed by atoms with E-state index >= 15 is 0 Å². The monoisotopic (exact) mass is 432 g/mol. The van der Waals surface area contributed by atoms with Gasteiger partial charge in [-0.1, -0.05) is 69.3 Å². The van der Waals surface area contributed by atoms with E-state index in [1.807, 2.05) is 54.6 Å². The van der Waals surface area contributed by atoms with Crippen LogP contribution in [0.15, 0.2) is 78.9 Å². The van der Waals surface area contributed by atoms with Crippen LogP contribution < -0.4 is 20.3 Å². The maximum Gasteiger partial charge on any atom is 0.276 e. The number of rotatable bonds is 7. The van der Waals surface area contributed by atoms with Gasteiger partial charge >= 0.3 is 0 Å². The lowest BCUT2D eigenvalue weighted by molar-refractivity contribution is -0.123. The Bertz CT molecular complexity index is 1040. The average Bonchev–Trinajstić information content (AvgIpc) is 2.80. The van der Waals surface area contributed by atoms with E-state index in [1.54, 1.807) is 24.3 Å². The van der Waals surface area contributed by atoms with E-state index in [2.05, 4.69) is 31.6 Å². The first-order chi connectivity index (χ1) is 15.3. The highest BCUT2D eigenvalue weighted by molar-refractivity contribution is 5.95. The van der Waals surface area contributed by atoms with E-state index in [0.717, 1.165) is 11.1 Å². The fourth-order valence-electron chi connectivity index (χ4n) is 3.03. The third kappa shape index (κ3) is 6.60. The summed E-state index contributed by atoms with van der Waals surface area (Å²) in [5.74, 6) is 0.417. The highest BCUT2D eigenvalue weighted by Gasteiger charge is 2.19. The first-order valence-electron chi connectivity index (χ1n) is 10.4. The van der Waals surface area contributed by atoms with Gasteiger partial charge in [0, 0.05) is 5.56 Å². The molecule has 0 aliphatic heterocycles. The highest BCUT2D eigenvalue weighted by Crippen LogP contribution is 2.30. The minimum atomic E-state index is -0.454. The van der Waals surface area contributed by atoms with Gasteiger partial charge in [-0.15, -0.1) is 0 Å². The molecule has 0 fully saturated rings. The van der Waals surface area contributed by atoms with E-state index in [1.165, 1.54) is 0 Å². The molecular weight excluding hydrogens is 404 g/mol.